The number of allylic oxidation sites excluding steroid dienone is 1. The van der Waals surface area contributed by atoms with Crippen LogP contribution in [0.2, 0.25) is 10.3 Å². The molecule has 0 saturated heterocycles. The number of hydrogen-bond donors (Lipinski definition) is 1. The second-order valence-electron chi connectivity index (χ2n) is 8.55. The monoisotopic (exact) mass is 570 g/mol. The lowest BCUT2D eigenvalue weighted by molar-refractivity contribution is 0.234. The van der Waals surface area contributed by atoms with Crippen molar-refractivity contribution in [3.63, 3.8) is 0 Å². The molecule has 5 nitrogen and oxygen atoms in total. The lowest BCUT2D eigenvalue weighted by atomic mass is 10.1. The Morgan fingerprint density at radius 1 is 0.949 bits per heavy atom. The minimum atomic E-state index is -1.00. The quantitative estimate of drug-likeness (QED) is 0.207. The number of nitrogens with zero attached hydrogens (tertiary/aromatic N) is 3. The van der Waals surface area contributed by atoms with Crippen LogP contribution < -0.4 is 4.74 Å². The lowest BCUT2D eigenvalue weighted by Gasteiger charge is -2.20. The van der Waals surface area contributed by atoms with Gasteiger partial charge < -0.3 is 14.4 Å². The SMILES string of the molecule is Fc1cccc2c1cc1n2COc2ccc(Cl)nc2-1.Oc1ccc(Cl)nc1C1=Cc2c(F)cccc2C1.[2H]CF. The highest BCUT2D eigenvalue weighted by atomic mass is 35.5. The maximum Gasteiger partial charge on any atom is 0.165 e. The first-order chi connectivity index (χ1) is 19.3. The highest BCUT2D eigenvalue weighted by Crippen LogP contribution is 2.38. The van der Waals surface area contributed by atoms with Crippen molar-refractivity contribution in [2.45, 2.75) is 13.2 Å². The molecular formula is C29H20Cl2F3N3O2. The molecule has 1 aliphatic heterocycles. The summed E-state index contributed by atoms with van der Waals surface area (Å²) in [6.07, 6.45) is 2.26. The van der Waals surface area contributed by atoms with E-state index in [4.69, 9.17) is 29.3 Å². The van der Waals surface area contributed by atoms with Crippen molar-refractivity contribution in [1.82, 2.24) is 14.5 Å². The molecular weight excluding hydrogens is 550 g/mol. The minimum absolute atomic E-state index is 0.0545. The molecule has 198 valence electrons. The van der Waals surface area contributed by atoms with Gasteiger partial charge in [0.2, 0.25) is 0 Å². The second-order valence-corrected chi connectivity index (χ2v) is 9.32. The summed E-state index contributed by atoms with van der Waals surface area (Å²) in [5.74, 6) is 0.214. The number of aromatic hydroxyl groups is 1. The topological polar surface area (TPSA) is 60.2 Å². The van der Waals surface area contributed by atoms with E-state index in [1.807, 2.05) is 16.7 Å². The molecule has 0 radical (unpaired) electrons. The van der Waals surface area contributed by atoms with Gasteiger partial charge in [-0.1, -0.05) is 41.4 Å². The van der Waals surface area contributed by atoms with Gasteiger partial charge in [-0.3, -0.25) is 4.39 Å². The molecule has 7 rings (SSSR count). The molecule has 3 aromatic heterocycles. The molecule has 2 aliphatic rings. The molecule has 0 unspecified atom stereocenters. The van der Waals surface area contributed by atoms with Crippen molar-refractivity contribution >= 4 is 45.8 Å². The van der Waals surface area contributed by atoms with Crippen LogP contribution in [0.25, 0.3) is 33.9 Å². The number of benzene rings is 2. The Morgan fingerprint density at radius 3 is 2.41 bits per heavy atom. The Balaban J connectivity index is 0.000000147. The number of aromatic nitrogens is 3. The summed E-state index contributed by atoms with van der Waals surface area (Å²) in [7, 11) is -1.00. The van der Waals surface area contributed by atoms with E-state index in [9.17, 15) is 18.3 Å². The molecule has 1 aliphatic carbocycles. The number of alkyl halides is 1. The van der Waals surface area contributed by atoms with Gasteiger partial charge in [0.15, 0.2) is 6.73 Å². The lowest BCUT2D eigenvalue weighted by Crippen LogP contribution is -2.13. The number of hydrogen-bond acceptors (Lipinski definition) is 4. The minimum Gasteiger partial charge on any atom is -0.506 e. The molecule has 10 heteroatoms. The predicted molar refractivity (Wildman–Crippen MR) is 147 cm³/mol. The van der Waals surface area contributed by atoms with Gasteiger partial charge in [-0.15, -0.1) is 0 Å². The van der Waals surface area contributed by atoms with Gasteiger partial charge in [-0.2, -0.15) is 0 Å². The van der Waals surface area contributed by atoms with Crippen molar-refractivity contribution in [2.24, 2.45) is 0 Å². The first-order valence-corrected chi connectivity index (χ1v) is 12.3. The molecule has 39 heavy (non-hydrogen) atoms. The average molecular weight is 571 g/mol. The average Bonchev–Trinajstić information content (AvgIpc) is 3.55. The molecule has 0 spiro atoms. The normalized spacial score (nSPS) is 12.9. The predicted octanol–water partition coefficient (Wildman–Crippen LogP) is 8.11. The van der Waals surface area contributed by atoms with Crippen LogP contribution in [-0.4, -0.2) is 26.8 Å². The van der Waals surface area contributed by atoms with Gasteiger partial charge in [-0.25, -0.2) is 18.7 Å². The van der Waals surface area contributed by atoms with E-state index in [-0.39, 0.29) is 17.4 Å². The smallest absolute Gasteiger partial charge is 0.165 e. The van der Waals surface area contributed by atoms with E-state index in [0.29, 0.717) is 51.5 Å². The first-order valence-electron chi connectivity index (χ1n) is 12.3. The fourth-order valence-electron chi connectivity index (χ4n) is 4.58. The van der Waals surface area contributed by atoms with Gasteiger partial charge in [0.25, 0.3) is 0 Å². The van der Waals surface area contributed by atoms with E-state index in [1.54, 1.807) is 36.4 Å². The molecule has 2 aromatic carbocycles. The molecule has 0 fully saturated rings. The summed E-state index contributed by atoms with van der Waals surface area (Å²) in [6.45, 7) is 0.346. The zero-order chi connectivity index (χ0) is 28.4. The van der Waals surface area contributed by atoms with Crippen LogP contribution in [0.1, 0.15) is 18.2 Å². The van der Waals surface area contributed by atoms with Crippen LogP contribution in [-0.2, 0) is 13.2 Å². The number of pyridine rings is 2. The Kier molecular flexibility index (Phi) is 7.13. The van der Waals surface area contributed by atoms with Crippen LogP contribution in [0.5, 0.6) is 11.5 Å². The van der Waals surface area contributed by atoms with E-state index < -0.39 is 7.15 Å². The summed E-state index contributed by atoms with van der Waals surface area (Å²) in [5, 5.41) is 11.0. The van der Waals surface area contributed by atoms with Crippen LogP contribution in [0.4, 0.5) is 13.2 Å². The third-order valence-corrected chi connectivity index (χ3v) is 6.72. The van der Waals surface area contributed by atoms with Crippen molar-refractivity contribution in [3.8, 4) is 22.9 Å². The zero-order valence-corrected chi connectivity index (χ0v) is 21.6. The fraction of sp³-hybridized carbons (Fsp3) is 0.103. The second kappa shape index (κ2) is 11.0. The summed E-state index contributed by atoms with van der Waals surface area (Å²) in [5.41, 5.74) is 4.91. The van der Waals surface area contributed by atoms with Gasteiger partial charge in [0.05, 0.1) is 19.7 Å². The molecule has 5 aromatic rings. The third-order valence-electron chi connectivity index (χ3n) is 6.30. The Hall–Kier alpha value is -4.01. The fourth-order valence-corrected chi connectivity index (χ4v) is 4.88. The Morgan fingerprint density at radius 2 is 1.64 bits per heavy atom. The molecule has 0 amide bonds. The van der Waals surface area contributed by atoms with E-state index in [0.717, 1.165) is 22.3 Å². The first kappa shape index (κ1) is 25.3. The number of ether oxygens (including phenoxy) is 1. The summed E-state index contributed by atoms with van der Waals surface area (Å²) < 4.78 is 50.5. The molecule has 0 atom stereocenters. The van der Waals surface area contributed by atoms with Crippen molar-refractivity contribution < 1.29 is 24.4 Å². The van der Waals surface area contributed by atoms with Gasteiger partial charge in [-0.05, 0) is 65.7 Å². The third kappa shape index (κ3) is 5.05. The highest BCUT2D eigenvalue weighted by Gasteiger charge is 2.23. The Labute approximate surface area is 233 Å². The largest absolute Gasteiger partial charge is 0.506 e. The number of halogens is 5. The van der Waals surface area contributed by atoms with E-state index >= 15 is 0 Å². The molecule has 0 bridgehead atoms. The number of fused-ring (bicyclic) bond motifs is 6. The molecule has 1 N–H and O–H groups in total. The summed E-state index contributed by atoms with van der Waals surface area (Å²) >= 11 is 11.7. The standard InChI is InChI=1S/C14H8ClFN2O.C14H9ClFNO.CH3F/c15-13-5-4-12-14(17-13)11-6-8-9(16)2-1-3-10(8)18(11)7-19-12;15-13-5-4-12(18)14(17-13)9-6-8-2-1-3-11(16)10(8)7-9;1-2/h1-6H,7H2;1-5,7,18H,6H2;1H3/i;;1D. The van der Waals surface area contributed by atoms with Crippen molar-refractivity contribution in [2.75, 3.05) is 7.15 Å². The van der Waals surface area contributed by atoms with Crippen LogP contribution in [0, 0.1) is 11.6 Å². The van der Waals surface area contributed by atoms with E-state index in [2.05, 4.69) is 9.97 Å². The van der Waals surface area contributed by atoms with Gasteiger partial charge >= 0.3 is 0 Å². The van der Waals surface area contributed by atoms with Crippen LogP contribution in [0.15, 0.2) is 66.7 Å². The maximum atomic E-state index is 13.8. The summed E-state index contributed by atoms with van der Waals surface area (Å²) in [4.78, 5) is 8.37. The summed E-state index contributed by atoms with van der Waals surface area (Å²) in [6, 6.07) is 18.2. The molecule has 4 heterocycles. The number of rotatable bonds is 1. The Bertz CT molecular complexity index is 1760. The van der Waals surface area contributed by atoms with Crippen LogP contribution >= 0.6 is 23.2 Å². The van der Waals surface area contributed by atoms with Gasteiger partial charge in [0.1, 0.15) is 44.8 Å². The van der Waals surface area contributed by atoms with Crippen molar-refractivity contribution in [3.05, 3.63) is 105 Å². The molecule has 0 saturated carbocycles. The zero-order valence-electron chi connectivity index (χ0n) is 21.1. The maximum absolute atomic E-state index is 13.8. The van der Waals surface area contributed by atoms with Crippen molar-refractivity contribution in [1.29, 1.82) is 0 Å². The van der Waals surface area contributed by atoms with Crippen LogP contribution in [0.3, 0.4) is 0 Å². The highest BCUT2D eigenvalue weighted by molar-refractivity contribution is 6.29. The van der Waals surface area contributed by atoms with E-state index in [1.165, 1.54) is 24.3 Å². The van der Waals surface area contributed by atoms with Gasteiger partial charge in [0, 0.05) is 17.4 Å².